The van der Waals surface area contributed by atoms with Crippen molar-refractivity contribution in [3.8, 4) is 11.5 Å². The van der Waals surface area contributed by atoms with E-state index in [9.17, 15) is 9.66 Å². The Morgan fingerprint density at radius 3 is 1.81 bits per heavy atom. The molecule has 32 heavy (non-hydrogen) atoms. The molecule has 0 saturated carbocycles. The summed E-state index contributed by atoms with van der Waals surface area (Å²) in [6.45, 7) is 4.48. The fourth-order valence-corrected chi connectivity index (χ4v) is 4.58. The lowest BCUT2D eigenvalue weighted by Gasteiger charge is -2.30. The second-order valence-electron chi connectivity index (χ2n) is 7.50. The topological polar surface area (TPSA) is 90.8 Å². The van der Waals surface area contributed by atoms with Gasteiger partial charge in [0.2, 0.25) is 0 Å². The van der Waals surface area contributed by atoms with Gasteiger partial charge in [-0.25, -0.2) is 0 Å². The molecular weight excluding hydrogens is 426 g/mol. The highest BCUT2D eigenvalue weighted by atomic mass is 32.2. The summed E-state index contributed by atoms with van der Waals surface area (Å²) < 4.78 is 25.9. The normalized spacial score (nSPS) is 14.1. The van der Waals surface area contributed by atoms with Crippen LogP contribution in [0.1, 0.15) is 35.5 Å². The molecule has 3 aromatic rings. The highest BCUT2D eigenvalue weighted by molar-refractivity contribution is 7.89. The summed E-state index contributed by atoms with van der Waals surface area (Å²) in [5, 5.41) is 10.2. The Morgan fingerprint density at radius 1 is 0.906 bits per heavy atom. The number of ether oxygens (including phenoxy) is 2. The largest absolute Gasteiger partial charge is 0.598 e. The molecule has 2 aromatic carbocycles. The minimum absolute atomic E-state index is 0.408. The van der Waals surface area contributed by atoms with Gasteiger partial charge >= 0.3 is 0 Å². The van der Waals surface area contributed by atoms with Crippen molar-refractivity contribution < 1.29 is 19.1 Å². The number of hydrogen-bond donors (Lipinski definition) is 1. The molecule has 0 aliphatic heterocycles. The molecule has 3 atom stereocenters. The molecule has 0 fully saturated rings. The van der Waals surface area contributed by atoms with Crippen molar-refractivity contribution in [3.05, 3.63) is 83.4 Å². The van der Waals surface area contributed by atoms with Crippen LogP contribution in [-0.2, 0) is 24.5 Å². The van der Waals surface area contributed by atoms with Crippen molar-refractivity contribution in [1.29, 1.82) is 0 Å². The maximum absolute atomic E-state index is 13.6. The van der Waals surface area contributed by atoms with E-state index in [1.54, 1.807) is 27.3 Å². The summed E-state index contributed by atoms with van der Waals surface area (Å²) in [6, 6.07) is 15.3. The first-order valence-electron chi connectivity index (χ1n) is 10.3. The predicted octanol–water partition coefficient (Wildman–Crippen LogP) is 3.59. The molecule has 3 rings (SSSR count). The Labute approximate surface area is 192 Å². The number of aromatic nitrogens is 2. The van der Waals surface area contributed by atoms with Crippen LogP contribution in [0.15, 0.2) is 60.9 Å². The lowest BCUT2D eigenvalue weighted by Crippen LogP contribution is -2.39. The Kier molecular flexibility index (Phi) is 8.46. The lowest BCUT2D eigenvalue weighted by molar-refractivity contribution is 0.167. The third-order valence-electron chi connectivity index (χ3n) is 5.16. The van der Waals surface area contributed by atoms with E-state index in [0.717, 1.165) is 28.3 Å². The quantitative estimate of drug-likeness (QED) is 0.467. The molecule has 7 nitrogen and oxygen atoms in total. The monoisotopic (exact) mass is 455 g/mol. The van der Waals surface area contributed by atoms with Gasteiger partial charge in [0.1, 0.15) is 17.6 Å². The van der Waals surface area contributed by atoms with Crippen LogP contribution in [0, 0.1) is 6.92 Å². The molecule has 8 heteroatoms. The zero-order chi connectivity index (χ0) is 23.1. The van der Waals surface area contributed by atoms with E-state index >= 15 is 0 Å². The maximum Gasteiger partial charge on any atom is 0.164 e. The fraction of sp³-hybridized carbons (Fsp3) is 0.333. The number of aliphatic hydroxyl groups excluding tert-OH is 1. The van der Waals surface area contributed by atoms with E-state index in [1.165, 1.54) is 6.20 Å². The molecule has 0 aliphatic rings. The van der Waals surface area contributed by atoms with Crippen LogP contribution < -0.4 is 9.47 Å². The van der Waals surface area contributed by atoms with Gasteiger partial charge in [-0.2, -0.15) is 0 Å². The molecule has 1 heterocycles. The van der Waals surface area contributed by atoms with E-state index in [4.69, 9.17) is 9.47 Å². The number of nitrogens with zero attached hydrogens (tertiary/aromatic N) is 3. The third kappa shape index (κ3) is 6.20. The number of methoxy groups -OCH3 is 2. The van der Waals surface area contributed by atoms with Crippen molar-refractivity contribution in [3.63, 3.8) is 0 Å². The minimum atomic E-state index is -1.50. The zero-order valence-electron chi connectivity index (χ0n) is 18.8. The van der Waals surface area contributed by atoms with Gasteiger partial charge in [0, 0.05) is 17.6 Å². The molecular formula is C24H29N3O4S. The Morgan fingerprint density at radius 2 is 1.41 bits per heavy atom. The van der Waals surface area contributed by atoms with Crippen LogP contribution in [0.3, 0.4) is 0 Å². The summed E-state index contributed by atoms with van der Waals surface area (Å²) >= 11 is -1.50. The first-order chi connectivity index (χ1) is 15.4. The summed E-state index contributed by atoms with van der Waals surface area (Å²) in [6.07, 6.45) is 2.13. The first kappa shape index (κ1) is 24.0. The molecule has 0 saturated heterocycles. The smallest absolute Gasteiger partial charge is 0.164 e. The van der Waals surface area contributed by atoms with Gasteiger partial charge in [0.05, 0.1) is 44.9 Å². The number of aliphatic hydroxyl groups is 1. The molecule has 170 valence electrons. The van der Waals surface area contributed by atoms with Gasteiger partial charge in [-0.05, 0) is 49.2 Å². The highest BCUT2D eigenvalue weighted by Gasteiger charge is 2.34. The van der Waals surface area contributed by atoms with Crippen molar-refractivity contribution in [2.24, 2.45) is 0 Å². The zero-order valence-corrected chi connectivity index (χ0v) is 19.6. The van der Waals surface area contributed by atoms with Crippen LogP contribution in [-0.4, -0.2) is 43.4 Å². The second kappa shape index (κ2) is 11.3. The lowest BCUT2D eigenvalue weighted by atomic mass is 10.2. The summed E-state index contributed by atoms with van der Waals surface area (Å²) in [7, 11) is 3.24. The first-order valence-corrected chi connectivity index (χ1v) is 11.5. The highest BCUT2D eigenvalue weighted by Crippen LogP contribution is 2.26. The molecule has 0 amide bonds. The molecule has 1 N–H and O–H groups in total. The fourth-order valence-electron chi connectivity index (χ4n) is 3.19. The van der Waals surface area contributed by atoms with E-state index in [2.05, 4.69) is 9.97 Å². The molecule has 3 unspecified atom stereocenters. The van der Waals surface area contributed by atoms with Crippen molar-refractivity contribution in [1.82, 2.24) is 14.3 Å². The summed E-state index contributed by atoms with van der Waals surface area (Å²) in [5.74, 6) is 1.52. The standard InChI is InChI=1S/C24H29N3O4S/c1-17-13-26-23(14-25-17)24(28)18(2)32(29)27(15-19-5-9-21(30-3)10-6-19)16-20-7-11-22(31-4)12-8-20/h5-14,18,24,28H,15-16H2,1-4H3. The average molecular weight is 456 g/mol. The van der Waals surface area contributed by atoms with Crippen molar-refractivity contribution in [2.75, 3.05) is 14.2 Å². The number of aryl methyl sites for hydroxylation is 1. The molecule has 0 bridgehead atoms. The van der Waals surface area contributed by atoms with E-state index in [0.29, 0.717) is 18.8 Å². The summed E-state index contributed by atoms with van der Waals surface area (Å²) in [5.41, 5.74) is 3.15. The Hall–Kier alpha value is -2.65. The van der Waals surface area contributed by atoms with E-state index in [-0.39, 0.29) is 0 Å². The Balaban J connectivity index is 1.81. The van der Waals surface area contributed by atoms with Gasteiger partial charge in [-0.15, -0.1) is 4.31 Å². The van der Waals surface area contributed by atoms with Gasteiger partial charge in [0.15, 0.2) is 5.25 Å². The molecule has 0 radical (unpaired) electrons. The van der Waals surface area contributed by atoms with Crippen LogP contribution in [0.4, 0.5) is 0 Å². The van der Waals surface area contributed by atoms with Gasteiger partial charge in [0.25, 0.3) is 0 Å². The van der Waals surface area contributed by atoms with Crippen LogP contribution in [0.25, 0.3) is 0 Å². The van der Waals surface area contributed by atoms with Gasteiger partial charge in [-0.1, -0.05) is 24.3 Å². The minimum Gasteiger partial charge on any atom is -0.598 e. The maximum atomic E-state index is 13.6. The second-order valence-corrected chi connectivity index (χ2v) is 9.32. The van der Waals surface area contributed by atoms with Crippen LogP contribution in [0.5, 0.6) is 11.5 Å². The molecule has 1 aromatic heterocycles. The van der Waals surface area contributed by atoms with E-state index in [1.807, 2.05) is 59.8 Å². The van der Waals surface area contributed by atoms with Crippen molar-refractivity contribution in [2.45, 2.75) is 38.3 Å². The SMILES string of the molecule is COc1ccc(CN(Cc2ccc(OC)cc2)[S+]([O-])C(C)C(O)c2cnc(C)cn2)cc1. The third-order valence-corrected chi connectivity index (χ3v) is 6.82. The average Bonchev–Trinajstić information content (AvgIpc) is 2.83. The van der Waals surface area contributed by atoms with Gasteiger partial charge < -0.3 is 19.1 Å². The van der Waals surface area contributed by atoms with Crippen molar-refractivity contribution >= 4 is 11.4 Å². The number of hydrogen-bond acceptors (Lipinski definition) is 7. The molecule has 0 aliphatic carbocycles. The molecule has 0 spiro atoms. The van der Waals surface area contributed by atoms with E-state index < -0.39 is 22.7 Å². The number of rotatable bonds is 10. The van der Waals surface area contributed by atoms with Crippen LogP contribution in [0.2, 0.25) is 0 Å². The Bertz CT molecular complexity index is 919. The van der Waals surface area contributed by atoms with Crippen LogP contribution >= 0.6 is 0 Å². The predicted molar refractivity (Wildman–Crippen MR) is 125 cm³/mol. The van der Waals surface area contributed by atoms with Gasteiger partial charge in [-0.3, -0.25) is 9.97 Å². The summed E-state index contributed by atoms with van der Waals surface area (Å²) in [4.78, 5) is 8.45. The number of benzene rings is 2.